The molecule has 2 aromatic rings. The van der Waals surface area contributed by atoms with E-state index in [0.717, 1.165) is 11.3 Å². The van der Waals surface area contributed by atoms with Crippen LogP contribution in [0, 0.1) is 12.8 Å². The topological polar surface area (TPSA) is 102 Å². The molecule has 2 fully saturated rings. The summed E-state index contributed by atoms with van der Waals surface area (Å²) in [7, 11) is -2.21. The Morgan fingerprint density at radius 2 is 1.76 bits per heavy atom. The van der Waals surface area contributed by atoms with Crippen LogP contribution in [-0.2, 0) is 19.6 Å². The van der Waals surface area contributed by atoms with E-state index in [0.29, 0.717) is 44.8 Å². The smallest absolute Gasteiger partial charge is 0.248 e. The van der Waals surface area contributed by atoms with Gasteiger partial charge in [-0.1, -0.05) is 23.4 Å². The van der Waals surface area contributed by atoms with E-state index in [9.17, 15) is 13.2 Å². The summed E-state index contributed by atoms with van der Waals surface area (Å²) in [5.41, 5.74) is 1.19. The molecule has 0 bridgehead atoms. The van der Waals surface area contributed by atoms with Gasteiger partial charge in [0.1, 0.15) is 11.4 Å². The van der Waals surface area contributed by atoms with Gasteiger partial charge in [0.05, 0.1) is 20.3 Å². The lowest BCUT2D eigenvalue weighted by atomic mass is 9.96. The summed E-state index contributed by atoms with van der Waals surface area (Å²) in [5.74, 6) is 0.864. The second-order valence-electron chi connectivity index (χ2n) is 8.18. The standard InChI is InChI=1S/C23H29N3O6S/c1-17-22(21(32-24-17)8-5-18-3-6-20(30-2)7-4-18)33(28,29)26-11-9-19(10-12-26)23(27)25-13-15-31-16-14-25/h3-8,19H,9-16H2,1-2H3. The van der Waals surface area contributed by atoms with Crippen LogP contribution in [0.1, 0.15) is 29.9 Å². The zero-order chi connectivity index (χ0) is 23.4. The van der Waals surface area contributed by atoms with Gasteiger partial charge in [0.25, 0.3) is 0 Å². The number of benzene rings is 1. The van der Waals surface area contributed by atoms with Gasteiger partial charge in [0.15, 0.2) is 10.7 Å². The van der Waals surface area contributed by atoms with Gasteiger partial charge in [-0.15, -0.1) is 0 Å². The van der Waals surface area contributed by atoms with Crippen molar-refractivity contribution in [1.29, 1.82) is 0 Å². The largest absolute Gasteiger partial charge is 0.497 e. The summed E-state index contributed by atoms with van der Waals surface area (Å²) in [4.78, 5) is 14.7. The monoisotopic (exact) mass is 475 g/mol. The quantitative estimate of drug-likeness (QED) is 0.632. The molecule has 0 radical (unpaired) electrons. The van der Waals surface area contributed by atoms with Crippen molar-refractivity contribution in [2.24, 2.45) is 5.92 Å². The summed E-state index contributed by atoms with van der Waals surface area (Å²) in [6.45, 7) is 4.50. The fourth-order valence-electron chi connectivity index (χ4n) is 4.20. The first kappa shape index (κ1) is 23.5. The molecule has 33 heavy (non-hydrogen) atoms. The lowest BCUT2D eigenvalue weighted by molar-refractivity contribution is -0.140. The van der Waals surface area contributed by atoms with E-state index in [1.54, 1.807) is 26.2 Å². The Morgan fingerprint density at radius 3 is 2.39 bits per heavy atom. The third-order valence-electron chi connectivity index (χ3n) is 6.10. The number of piperidine rings is 1. The minimum absolute atomic E-state index is 0.0743. The first-order valence-electron chi connectivity index (χ1n) is 11.0. The molecule has 0 N–H and O–H groups in total. The van der Waals surface area contributed by atoms with Crippen LogP contribution in [-0.4, -0.2) is 75.2 Å². The predicted molar refractivity (Wildman–Crippen MR) is 122 cm³/mol. The van der Waals surface area contributed by atoms with Crippen molar-refractivity contribution in [3.63, 3.8) is 0 Å². The van der Waals surface area contributed by atoms with Crippen LogP contribution < -0.4 is 4.74 Å². The third kappa shape index (κ3) is 5.13. The molecule has 0 saturated carbocycles. The Balaban J connectivity index is 1.46. The number of carbonyl (C=O) groups is 1. The Hall–Kier alpha value is -2.69. The Morgan fingerprint density at radius 1 is 1.09 bits per heavy atom. The summed E-state index contributed by atoms with van der Waals surface area (Å²) in [6, 6.07) is 7.38. The third-order valence-corrected chi connectivity index (χ3v) is 8.16. The summed E-state index contributed by atoms with van der Waals surface area (Å²) in [6.07, 6.45) is 4.38. The van der Waals surface area contributed by atoms with Crippen molar-refractivity contribution < 1.29 is 27.2 Å². The fourth-order valence-corrected chi connectivity index (χ4v) is 5.92. The van der Waals surface area contributed by atoms with Crippen molar-refractivity contribution >= 4 is 28.1 Å². The molecular weight excluding hydrogens is 446 g/mol. The number of morpholine rings is 1. The molecule has 1 amide bonds. The molecule has 2 aliphatic heterocycles. The number of carbonyl (C=O) groups excluding carboxylic acids is 1. The van der Waals surface area contributed by atoms with Gasteiger partial charge >= 0.3 is 0 Å². The maximum Gasteiger partial charge on any atom is 0.248 e. The first-order valence-corrected chi connectivity index (χ1v) is 12.5. The van der Waals surface area contributed by atoms with E-state index in [2.05, 4.69) is 5.16 Å². The van der Waals surface area contributed by atoms with Crippen LogP contribution in [0.4, 0.5) is 0 Å². The molecule has 1 aromatic carbocycles. The Labute approximate surface area is 194 Å². The molecule has 178 valence electrons. The number of aromatic nitrogens is 1. The highest BCUT2D eigenvalue weighted by molar-refractivity contribution is 7.89. The van der Waals surface area contributed by atoms with Crippen LogP contribution in [0.15, 0.2) is 33.7 Å². The number of methoxy groups -OCH3 is 1. The molecule has 0 atom stereocenters. The lowest BCUT2D eigenvalue weighted by Gasteiger charge is -2.35. The normalized spacial score (nSPS) is 18.7. The zero-order valence-corrected chi connectivity index (χ0v) is 19.7. The molecule has 0 unspecified atom stereocenters. The maximum atomic E-state index is 13.4. The average molecular weight is 476 g/mol. The summed E-state index contributed by atoms with van der Waals surface area (Å²) < 4.78 is 44.1. The van der Waals surface area contributed by atoms with E-state index in [1.165, 1.54) is 4.31 Å². The number of hydrogen-bond acceptors (Lipinski definition) is 7. The average Bonchev–Trinajstić information content (AvgIpc) is 3.24. The molecule has 2 saturated heterocycles. The first-order chi connectivity index (χ1) is 15.9. The number of amides is 1. The fraction of sp³-hybridized carbons (Fsp3) is 0.478. The molecule has 3 heterocycles. The highest BCUT2D eigenvalue weighted by Crippen LogP contribution is 2.30. The summed E-state index contributed by atoms with van der Waals surface area (Å²) in [5, 5.41) is 3.90. The number of hydrogen-bond donors (Lipinski definition) is 0. The molecule has 0 aliphatic carbocycles. The Kier molecular flexibility index (Phi) is 7.16. The van der Waals surface area contributed by atoms with E-state index in [4.69, 9.17) is 14.0 Å². The zero-order valence-electron chi connectivity index (χ0n) is 18.9. The van der Waals surface area contributed by atoms with Crippen LogP contribution in [0.5, 0.6) is 5.75 Å². The second-order valence-corrected chi connectivity index (χ2v) is 10.1. The van der Waals surface area contributed by atoms with Crippen molar-refractivity contribution in [3.8, 4) is 5.75 Å². The van der Waals surface area contributed by atoms with E-state index in [-0.39, 0.29) is 35.6 Å². The summed E-state index contributed by atoms with van der Waals surface area (Å²) >= 11 is 0. The number of nitrogens with zero attached hydrogens (tertiary/aromatic N) is 3. The minimum Gasteiger partial charge on any atom is -0.497 e. The molecule has 4 rings (SSSR count). The van der Waals surface area contributed by atoms with E-state index >= 15 is 0 Å². The van der Waals surface area contributed by atoms with Gasteiger partial charge in [0, 0.05) is 32.1 Å². The minimum atomic E-state index is -3.81. The number of ether oxygens (including phenoxy) is 2. The van der Waals surface area contributed by atoms with Crippen molar-refractivity contribution in [3.05, 3.63) is 41.3 Å². The SMILES string of the molecule is COc1ccc(C=Cc2onc(C)c2S(=O)(=O)N2CCC(C(=O)N3CCOCC3)CC2)cc1. The molecule has 9 nitrogen and oxygen atoms in total. The van der Waals surface area contributed by atoms with Crippen LogP contribution in [0.25, 0.3) is 12.2 Å². The van der Waals surface area contributed by atoms with Crippen LogP contribution in [0.3, 0.4) is 0 Å². The molecule has 0 spiro atoms. The number of rotatable bonds is 6. The van der Waals surface area contributed by atoms with Gasteiger partial charge in [0.2, 0.25) is 15.9 Å². The highest BCUT2D eigenvalue weighted by Gasteiger charge is 2.37. The molecule has 2 aliphatic rings. The lowest BCUT2D eigenvalue weighted by Crippen LogP contribution is -2.47. The van der Waals surface area contributed by atoms with Gasteiger partial charge < -0.3 is 18.9 Å². The molecular formula is C23H29N3O6S. The number of aryl methyl sites for hydroxylation is 1. The van der Waals surface area contributed by atoms with Crippen molar-refractivity contribution in [2.75, 3.05) is 46.5 Å². The molecule has 1 aromatic heterocycles. The van der Waals surface area contributed by atoms with Crippen LogP contribution >= 0.6 is 0 Å². The van der Waals surface area contributed by atoms with Crippen molar-refractivity contribution in [2.45, 2.75) is 24.7 Å². The molecule has 10 heteroatoms. The predicted octanol–water partition coefficient (Wildman–Crippen LogP) is 2.42. The van der Waals surface area contributed by atoms with Crippen molar-refractivity contribution in [1.82, 2.24) is 14.4 Å². The van der Waals surface area contributed by atoms with Gasteiger partial charge in [-0.3, -0.25) is 4.79 Å². The number of sulfonamides is 1. The second kappa shape index (κ2) is 10.1. The van der Waals surface area contributed by atoms with Gasteiger partial charge in [-0.25, -0.2) is 8.42 Å². The van der Waals surface area contributed by atoms with E-state index in [1.807, 2.05) is 29.2 Å². The highest BCUT2D eigenvalue weighted by atomic mass is 32.2. The maximum absolute atomic E-state index is 13.4. The van der Waals surface area contributed by atoms with Gasteiger partial charge in [-0.05, 0) is 43.5 Å². The van der Waals surface area contributed by atoms with Gasteiger partial charge in [-0.2, -0.15) is 4.31 Å². The Bertz CT molecular complexity index is 1100. The van der Waals surface area contributed by atoms with Crippen LogP contribution in [0.2, 0.25) is 0 Å². The van der Waals surface area contributed by atoms with E-state index < -0.39 is 10.0 Å².